The zero-order valence-corrected chi connectivity index (χ0v) is 21.1. The van der Waals surface area contributed by atoms with Crippen LogP contribution in [0.5, 0.6) is 5.75 Å². The molecule has 0 radical (unpaired) electrons. The number of carboxylic acids is 1. The summed E-state index contributed by atoms with van der Waals surface area (Å²) in [4.78, 5) is 54.3. The average molecular weight is 547 g/mol. The van der Waals surface area contributed by atoms with Crippen molar-refractivity contribution in [1.82, 2.24) is 20.6 Å². The van der Waals surface area contributed by atoms with Gasteiger partial charge in [-0.1, -0.05) is 43.3 Å². The molecule has 2 amide bonds. The highest BCUT2D eigenvalue weighted by Crippen LogP contribution is 2.28. The second kappa shape index (κ2) is 11.4. The number of rotatable bonds is 9. The predicted octanol–water partition coefficient (Wildman–Crippen LogP) is 3.45. The highest BCUT2D eigenvalue weighted by molar-refractivity contribution is 5.95. The van der Waals surface area contributed by atoms with Gasteiger partial charge in [-0.15, -0.1) is 13.2 Å². The van der Waals surface area contributed by atoms with Crippen LogP contribution in [0, 0.1) is 5.92 Å². The molecule has 1 aromatic heterocycles. The van der Waals surface area contributed by atoms with E-state index in [0.29, 0.717) is 16.7 Å². The largest absolute Gasteiger partial charge is 0.573 e. The molecule has 0 fully saturated rings. The van der Waals surface area contributed by atoms with Gasteiger partial charge in [0.2, 0.25) is 0 Å². The van der Waals surface area contributed by atoms with E-state index in [0.717, 1.165) is 6.20 Å². The third-order valence-corrected chi connectivity index (χ3v) is 5.70. The van der Waals surface area contributed by atoms with E-state index in [-0.39, 0.29) is 23.7 Å². The number of amides is 2. The van der Waals surface area contributed by atoms with Crippen LogP contribution in [0.15, 0.2) is 59.5 Å². The molecule has 3 rings (SSSR count). The molecule has 1 atom stereocenters. The number of aromatic amines is 1. The Morgan fingerprint density at radius 2 is 1.56 bits per heavy atom. The second-order valence-electron chi connectivity index (χ2n) is 9.15. The summed E-state index contributed by atoms with van der Waals surface area (Å²) in [5, 5.41) is 14.0. The quantitative estimate of drug-likeness (QED) is 0.321. The first-order chi connectivity index (χ1) is 18.2. The zero-order valence-electron chi connectivity index (χ0n) is 21.1. The van der Waals surface area contributed by atoms with E-state index in [4.69, 9.17) is 5.11 Å². The van der Waals surface area contributed by atoms with Gasteiger partial charge in [0.1, 0.15) is 11.3 Å². The molecule has 0 spiro atoms. The minimum absolute atomic E-state index is 0.176. The van der Waals surface area contributed by atoms with Crippen LogP contribution in [-0.4, -0.2) is 45.8 Å². The van der Waals surface area contributed by atoms with Crippen LogP contribution in [0.25, 0.3) is 11.1 Å². The summed E-state index contributed by atoms with van der Waals surface area (Å²) in [5.74, 6) is -4.20. The highest BCUT2D eigenvalue weighted by Gasteiger charge is 2.31. The summed E-state index contributed by atoms with van der Waals surface area (Å²) in [6.45, 7) is 4.63. The molecule has 0 aliphatic heterocycles. The maximum absolute atomic E-state index is 12.8. The first kappa shape index (κ1) is 28.9. The number of aliphatic carboxylic acids is 1. The number of benzene rings is 2. The highest BCUT2D eigenvalue weighted by atomic mass is 19.4. The molecule has 10 nitrogen and oxygen atoms in total. The van der Waals surface area contributed by atoms with E-state index >= 15 is 0 Å². The summed E-state index contributed by atoms with van der Waals surface area (Å²) < 4.78 is 41.0. The van der Waals surface area contributed by atoms with Gasteiger partial charge in [-0.25, -0.2) is 4.98 Å². The van der Waals surface area contributed by atoms with Crippen molar-refractivity contribution in [3.8, 4) is 16.9 Å². The van der Waals surface area contributed by atoms with Crippen molar-refractivity contribution in [2.75, 3.05) is 6.54 Å². The molecule has 2 aromatic carbocycles. The Kier molecular flexibility index (Phi) is 8.42. The summed E-state index contributed by atoms with van der Waals surface area (Å²) in [6, 6.07) is 12.3. The lowest BCUT2D eigenvalue weighted by atomic mass is 9.92. The molecule has 0 unspecified atom stereocenters. The van der Waals surface area contributed by atoms with Crippen LogP contribution in [0.2, 0.25) is 0 Å². The molecule has 0 bridgehead atoms. The topological polar surface area (TPSA) is 150 Å². The number of alkyl halides is 3. The van der Waals surface area contributed by atoms with Gasteiger partial charge < -0.3 is 25.5 Å². The molecule has 4 N–H and O–H groups in total. The smallest absolute Gasteiger partial charge is 0.481 e. The number of ether oxygens (including phenoxy) is 1. The Hall–Kier alpha value is -4.68. The summed E-state index contributed by atoms with van der Waals surface area (Å²) in [7, 11) is 0. The number of hydrogen-bond acceptors (Lipinski definition) is 6. The Morgan fingerprint density at radius 1 is 1.00 bits per heavy atom. The fraction of sp³-hybridized carbons (Fsp3) is 0.269. The van der Waals surface area contributed by atoms with Crippen LogP contribution in [0.3, 0.4) is 0 Å². The van der Waals surface area contributed by atoms with Crippen LogP contribution in [0.1, 0.15) is 47.3 Å². The van der Waals surface area contributed by atoms with Crippen molar-refractivity contribution in [2.24, 2.45) is 5.92 Å². The number of hydrogen-bond donors (Lipinski definition) is 4. The molecule has 206 valence electrons. The number of H-pyrrole nitrogens is 1. The van der Waals surface area contributed by atoms with Crippen LogP contribution in [-0.2, 0) is 10.3 Å². The third kappa shape index (κ3) is 7.66. The van der Waals surface area contributed by atoms with Crippen LogP contribution < -0.4 is 20.9 Å². The van der Waals surface area contributed by atoms with E-state index in [1.54, 1.807) is 38.1 Å². The number of halogens is 3. The fourth-order valence-electron chi connectivity index (χ4n) is 3.44. The first-order valence-corrected chi connectivity index (χ1v) is 11.6. The minimum Gasteiger partial charge on any atom is -0.481 e. The molecule has 0 saturated heterocycles. The molecule has 0 saturated carbocycles. The lowest BCUT2D eigenvalue weighted by Crippen LogP contribution is -2.43. The number of nitrogens with one attached hydrogen (secondary N) is 3. The molecule has 39 heavy (non-hydrogen) atoms. The summed E-state index contributed by atoms with van der Waals surface area (Å²) in [5.41, 5.74) is -0.108. The predicted molar refractivity (Wildman–Crippen MR) is 133 cm³/mol. The molecular weight excluding hydrogens is 521 g/mol. The normalized spacial score (nSPS) is 12.4. The number of carbonyl (C=O) groups excluding carboxylic acids is 2. The van der Waals surface area contributed by atoms with Crippen molar-refractivity contribution in [3.05, 3.63) is 82.0 Å². The van der Waals surface area contributed by atoms with Crippen LogP contribution in [0.4, 0.5) is 13.2 Å². The number of carbonyl (C=O) groups is 3. The molecule has 0 aliphatic rings. The van der Waals surface area contributed by atoms with E-state index in [1.165, 1.54) is 31.2 Å². The lowest BCUT2D eigenvalue weighted by Gasteiger charge is -2.27. The fourth-order valence-corrected chi connectivity index (χ4v) is 3.44. The number of carboxylic acid groups (broad SMARTS) is 1. The number of aromatic nitrogens is 2. The van der Waals surface area contributed by atoms with Gasteiger partial charge in [0.05, 0.1) is 11.5 Å². The maximum atomic E-state index is 12.8. The van der Waals surface area contributed by atoms with Crippen molar-refractivity contribution in [1.29, 1.82) is 0 Å². The lowest BCUT2D eigenvalue weighted by molar-refractivity contribution is -0.274. The Labute approximate surface area is 220 Å². The van der Waals surface area contributed by atoms with Gasteiger partial charge in [0.25, 0.3) is 17.4 Å². The van der Waals surface area contributed by atoms with Crippen molar-refractivity contribution in [3.63, 3.8) is 0 Å². The van der Waals surface area contributed by atoms with E-state index in [1.807, 2.05) is 0 Å². The third-order valence-electron chi connectivity index (χ3n) is 5.70. The van der Waals surface area contributed by atoms with Gasteiger partial charge in [-0.05, 0) is 42.7 Å². The zero-order chi connectivity index (χ0) is 29.0. The molecular formula is C26H25F3N4O6. The Morgan fingerprint density at radius 3 is 2.08 bits per heavy atom. The average Bonchev–Trinajstić information content (AvgIpc) is 2.86. The number of nitrogens with zero attached hydrogens (tertiary/aromatic N) is 1. The van der Waals surface area contributed by atoms with Gasteiger partial charge in [-0.3, -0.25) is 19.2 Å². The van der Waals surface area contributed by atoms with Crippen molar-refractivity contribution >= 4 is 17.8 Å². The second-order valence-corrected chi connectivity index (χ2v) is 9.15. The Balaban J connectivity index is 1.68. The summed E-state index contributed by atoms with van der Waals surface area (Å²) in [6.07, 6.45) is -3.83. The summed E-state index contributed by atoms with van der Waals surface area (Å²) >= 11 is 0. The van der Waals surface area contributed by atoms with E-state index in [2.05, 4.69) is 25.3 Å². The molecule has 0 aliphatic carbocycles. The van der Waals surface area contributed by atoms with Gasteiger partial charge in [0.15, 0.2) is 5.82 Å². The standard InChI is InChI=1S/C26H25F3N4O6/c1-14(24(37)38)12-31-23(36)20-30-13-19(21(34)32-20)22(35)33-25(2,3)17-8-4-15(5-9-17)16-6-10-18(11-7-16)39-26(27,28)29/h4-11,13-14H,12H2,1-3H3,(H,31,36)(H,33,35)(H,37,38)(H,30,32,34)/t14-/m1/s1. The maximum Gasteiger partial charge on any atom is 0.573 e. The Bertz CT molecular complexity index is 1420. The molecule has 3 aromatic rings. The van der Waals surface area contributed by atoms with Crippen LogP contribution >= 0.6 is 0 Å². The van der Waals surface area contributed by atoms with E-state index in [9.17, 15) is 32.3 Å². The van der Waals surface area contributed by atoms with Gasteiger partial charge in [0, 0.05) is 12.7 Å². The monoisotopic (exact) mass is 546 g/mol. The molecule has 1 heterocycles. The minimum atomic E-state index is -4.78. The van der Waals surface area contributed by atoms with E-state index < -0.39 is 41.2 Å². The SMILES string of the molecule is C[C@H](CNC(=O)c1ncc(C(=O)NC(C)(C)c2ccc(-c3ccc(OC(F)(F)F)cc3)cc2)c(=O)[nH]1)C(=O)O. The van der Waals surface area contributed by atoms with Gasteiger partial charge >= 0.3 is 12.3 Å². The molecule has 13 heteroatoms. The first-order valence-electron chi connectivity index (χ1n) is 11.6. The van der Waals surface area contributed by atoms with Crippen molar-refractivity contribution < 1.29 is 37.4 Å². The van der Waals surface area contributed by atoms with Crippen molar-refractivity contribution in [2.45, 2.75) is 32.7 Å². The van der Waals surface area contributed by atoms with Gasteiger partial charge in [-0.2, -0.15) is 0 Å².